The van der Waals surface area contributed by atoms with E-state index in [1.807, 2.05) is 43.3 Å². The first-order valence-electron chi connectivity index (χ1n) is 8.02. The van der Waals surface area contributed by atoms with Crippen LogP contribution in [0.2, 0.25) is 0 Å². The highest BCUT2D eigenvalue weighted by molar-refractivity contribution is 6.08. The van der Waals surface area contributed by atoms with Crippen LogP contribution in [0.4, 0.5) is 5.69 Å². The molecule has 25 heavy (non-hydrogen) atoms. The van der Waals surface area contributed by atoms with Crippen LogP contribution >= 0.6 is 0 Å². The number of furan rings is 1. The largest absolute Gasteiger partial charge is 0.467 e. The van der Waals surface area contributed by atoms with Crippen LogP contribution in [0.15, 0.2) is 65.3 Å². The quantitative estimate of drug-likeness (QED) is 0.718. The zero-order valence-corrected chi connectivity index (χ0v) is 13.8. The number of carbonyl (C=O) groups is 1. The van der Waals surface area contributed by atoms with Gasteiger partial charge in [-0.05, 0) is 43.3 Å². The van der Waals surface area contributed by atoms with Crippen molar-refractivity contribution in [2.45, 2.75) is 13.5 Å². The molecule has 1 amide bonds. The van der Waals surface area contributed by atoms with Gasteiger partial charge in [0.15, 0.2) is 11.5 Å². The van der Waals surface area contributed by atoms with Gasteiger partial charge in [0, 0.05) is 5.69 Å². The minimum absolute atomic E-state index is 0.127. The number of nitrogens with zero attached hydrogens (tertiary/aromatic N) is 1. The number of ether oxygens (including phenoxy) is 2. The lowest BCUT2D eigenvalue weighted by molar-refractivity contribution is 0.0978. The SMILES string of the molecule is Cc1ccc(N(Cc2ccco2)C(=O)c2cccc3c2OCO3)cc1. The molecule has 0 saturated carbocycles. The lowest BCUT2D eigenvalue weighted by atomic mass is 10.1. The van der Waals surface area contributed by atoms with Crippen LogP contribution in [-0.2, 0) is 6.54 Å². The lowest BCUT2D eigenvalue weighted by Crippen LogP contribution is -2.30. The van der Waals surface area contributed by atoms with Gasteiger partial charge >= 0.3 is 0 Å². The Labute approximate surface area is 145 Å². The molecule has 0 unspecified atom stereocenters. The first kappa shape index (κ1) is 15.3. The smallest absolute Gasteiger partial charge is 0.262 e. The molecule has 1 aliphatic heterocycles. The second kappa shape index (κ2) is 6.36. The lowest BCUT2D eigenvalue weighted by Gasteiger charge is -2.22. The van der Waals surface area contributed by atoms with Crippen LogP contribution in [0.1, 0.15) is 21.7 Å². The van der Waals surface area contributed by atoms with E-state index >= 15 is 0 Å². The zero-order chi connectivity index (χ0) is 17.2. The summed E-state index contributed by atoms with van der Waals surface area (Å²) in [7, 11) is 0. The van der Waals surface area contributed by atoms with Gasteiger partial charge in [-0.3, -0.25) is 4.79 Å². The van der Waals surface area contributed by atoms with Crippen molar-refractivity contribution in [1.82, 2.24) is 0 Å². The molecule has 0 fully saturated rings. The van der Waals surface area contributed by atoms with Crippen LogP contribution in [0, 0.1) is 6.92 Å². The van der Waals surface area contributed by atoms with E-state index in [4.69, 9.17) is 13.9 Å². The van der Waals surface area contributed by atoms with Crippen molar-refractivity contribution in [3.63, 3.8) is 0 Å². The normalized spacial score (nSPS) is 12.2. The number of para-hydroxylation sites is 1. The van der Waals surface area contributed by atoms with Crippen molar-refractivity contribution in [2.24, 2.45) is 0 Å². The van der Waals surface area contributed by atoms with Crippen molar-refractivity contribution < 1.29 is 18.7 Å². The van der Waals surface area contributed by atoms with E-state index in [1.165, 1.54) is 0 Å². The van der Waals surface area contributed by atoms with E-state index in [-0.39, 0.29) is 12.7 Å². The first-order valence-corrected chi connectivity index (χ1v) is 8.02. The van der Waals surface area contributed by atoms with Crippen molar-refractivity contribution in [3.05, 3.63) is 77.7 Å². The van der Waals surface area contributed by atoms with Gasteiger partial charge in [-0.2, -0.15) is 0 Å². The zero-order valence-electron chi connectivity index (χ0n) is 13.8. The van der Waals surface area contributed by atoms with Crippen LogP contribution in [0.25, 0.3) is 0 Å². The molecule has 2 aromatic carbocycles. The average molecular weight is 335 g/mol. The van der Waals surface area contributed by atoms with E-state index in [0.717, 1.165) is 11.3 Å². The standard InChI is InChI=1S/C20H17NO4/c1-14-7-9-15(10-8-14)21(12-16-4-3-11-23-16)20(22)17-5-2-6-18-19(17)25-13-24-18/h2-11H,12-13H2,1H3. The van der Waals surface area contributed by atoms with E-state index in [0.29, 0.717) is 29.4 Å². The molecule has 0 atom stereocenters. The van der Waals surface area contributed by atoms with Gasteiger partial charge in [0.2, 0.25) is 6.79 Å². The Hall–Kier alpha value is -3.21. The Morgan fingerprint density at radius 2 is 1.88 bits per heavy atom. The molecule has 126 valence electrons. The fourth-order valence-electron chi connectivity index (χ4n) is 2.81. The summed E-state index contributed by atoms with van der Waals surface area (Å²) in [5.41, 5.74) is 2.40. The highest BCUT2D eigenvalue weighted by atomic mass is 16.7. The molecule has 0 N–H and O–H groups in total. The maximum atomic E-state index is 13.3. The van der Waals surface area contributed by atoms with Gasteiger partial charge < -0.3 is 18.8 Å². The Morgan fingerprint density at radius 3 is 2.64 bits per heavy atom. The van der Waals surface area contributed by atoms with Crippen LogP contribution in [0.5, 0.6) is 11.5 Å². The Balaban J connectivity index is 1.73. The molecule has 1 aliphatic rings. The molecule has 0 saturated heterocycles. The Bertz CT molecular complexity index is 885. The number of benzene rings is 2. The van der Waals surface area contributed by atoms with Gasteiger partial charge in [-0.25, -0.2) is 0 Å². The highest BCUT2D eigenvalue weighted by Crippen LogP contribution is 2.36. The molecule has 0 aliphatic carbocycles. The molecular weight excluding hydrogens is 318 g/mol. The Kier molecular flexibility index (Phi) is 3.90. The summed E-state index contributed by atoms with van der Waals surface area (Å²) in [4.78, 5) is 14.9. The summed E-state index contributed by atoms with van der Waals surface area (Å²) in [5, 5.41) is 0. The fourth-order valence-corrected chi connectivity index (χ4v) is 2.81. The summed E-state index contributed by atoms with van der Waals surface area (Å²) in [6.45, 7) is 2.47. The molecule has 5 nitrogen and oxygen atoms in total. The number of amides is 1. The van der Waals surface area contributed by atoms with Gasteiger partial charge in [0.05, 0.1) is 18.4 Å². The van der Waals surface area contributed by atoms with Gasteiger partial charge in [-0.15, -0.1) is 0 Å². The monoisotopic (exact) mass is 335 g/mol. The average Bonchev–Trinajstić information content (AvgIpc) is 3.31. The van der Waals surface area contributed by atoms with Crippen molar-refractivity contribution in [2.75, 3.05) is 11.7 Å². The highest BCUT2D eigenvalue weighted by Gasteiger charge is 2.27. The minimum atomic E-state index is -0.164. The number of hydrogen-bond acceptors (Lipinski definition) is 4. The van der Waals surface area contributed by atoms with E-state index in [1.54, 1.807) is 29.4 Å². The second-order valence-corrected chi connectivity index (χ2v) is 5.85. The summed E-state index contributed by atoms with van der Waals surface area (Å²) in [6.07, 6.45) is 1.60. The predicted octanol–water partition coefficient (Wildman–Crippen LogP) is 4.16. The summed E-state index contributed by atoms with van der Waals surface area (Å²) in [5.74, 6) is 1.62. The molecule has 1 aromatic heterocycles. The number of hydrogen-bond donors (Lipinski definition) is 0. The number of fused-ring (bicyclic) bond motifs is 1. The van der Waals surface area contributed by atoms with Crippen LogP contribution < -0.4 is 14.4 Å². The molecule has 4 rings (SSSR count). The van der Waals surface area contributed by atoms with E-state index in [9.17, 15) is 4.79 Å². The van der Waals surface area contributed by atoms with Crippen LogP contribution in [-0.4, -0.2) is 12.7 Å². The maximum absolute atomic E-state index is 13.3. The van der Waals surface area contributed by atoms with Crippen molar-refractivity contribution in [3.8, 4) is 11.5 Å². The molecule has 0 bridgehead atoms. The van der Waals surface area contributed by atoms with Gasteiger partial charge in [0.25, 0.3) is 5.91 Å². The Morgan fingerprint density at radius 1 is 1.04 bits per heavy atom. The van der Waals surface area contributed by atoms with Gasteiger partial charge in [0.1, 0.15) is 5.76 Å². The summed E-state index contributed by atoms with van der Waals surface area (Å²) in [6, 6.07) is 16.8. The number of rotatable bonds is 4. The fraction of sp³-hybridized carbons (Fsp3) is 0.150. The van der Waals surface area contributed by atoms with Crippen molar-refractivity contribution >= 4 is 11.6 Å². The molecule has 0 radical (unpaired) electrons. The first-order chi connectivity index (χ1) is 12.2. The summed E-state index contributed by atoms with van der Waals surface area (Å²) >= 11 is 0. The minimum Gasteiger partial charge on any atom is -0.467 e. The molecule has 0 spiro atoms. The predicted molar refractivity (Wildman–Crippen MR) is 93.0 cm³/mol. The molecule has 3 aromatic rings. The van der Waals surface area contributed by atoms with E-state index in [2.05, 4.69) is 0 Å². The van der Waals surface area contributed by atoms with Gasteiger partial charge in [-0.1, -0.05) is 23.8 Å². The molecule has 2 heterocycles. The molecule has 5 heteroatoms. The van der Waals surface area contributed by atoms with Crippen molar-refractivity contribution in [1.29, 1.82) is 0 Å². The number of anilines is 1. The number of carbonyl (C=O) groups excluding carboxylic acids is 1. The third-order valence-electron chi connectivity index (χ3n) is 4.11. The van der Waals surface area contributed by atoms with E-state index < -0.39 is 0 Å². The second-order valence-electron chi connectivity index (χ2n) is 5.85. The summed E-state index contributed by atoms with van der Waals surface area (Å²) < 4.78 is 16.3. The molecular formula is C20H17NO4. The third-order valence-corrected chi connectivity index (χ3v) is 4.11. The maximum Gasteiger partial charge on any atom is 0.262 e. The third kappa shape index (κ3) is 2.96. The topological polar surface area (TPSA) is 51.9 Å². The van der Waals surface area contributed by atoms with Crippen LogP contribution in [0.3, 0.4) is 0 Å². The number of aryl methyl sites for hydroxylation is 1.